The first-order valence-electron chi connectivity index (χ1n) is 15.2. The quantitative estimate of drug-likeness (QED) is 0.149. The summed E-state index contributed by atoms with van der Waals surface area (Å²) in [6.45, 7) is 18.0. The minimum absolute atomic E-state index is 0.405. The Morgan fingerprint density at radius 2 is 1.11 bits per heavy atom. The third kappa shape index (κ3) is 9.80. The van der Waals surface area contributed by atoms with Gasteiger partial charge in [-0.25, -0.2) is 15.0 Å². The summed E-state index contributed by atoms with van der Waals surface area (Å²) in [7, 11) is -1.89. The third-order valence-corrected chi connectivity index (χ3v) is 11.6. The van der Waals surface area contributed by atoms with Crippen molar-refractivity contribution < 1.29 is 9.68 Å². The van der Waals surface area contributed by atoms with Crippen molar-refractivity contribution in [2.24, 2.45) is 0 Å². The summed E-state index contributed by atoms with van der Waals surface area (Å²) in [5.74, 6) is 0.405. The largest absolute Gasteiger partial charge is 0.570 e. The van der Waals surface area contributed by atoms with Crippen LogP contribution in [0.15, 0.2) is 97.1 Å². The van der Waals surface area contributed by atoms with Crippen molar-refractivity contribution >= 4 is 67.6 Å². The van der Waals surface area contributed by atoms with Crippen molar-refractivity contribution in [1.82, 2.24) is 19.9 Å². The standard InChI is InChI=1S/C18H20N2Si.C12H14ClNSi.C6H7BNO2/c1-13-6-5-7-17(19-13)18-10-8-14-12-15(21(2,3)4)9-11-16(14)20-18;1-15(2,3)10-5-6-11-9(8-10)4-7-12(13)14-11;1-5-3-2-4-6(8-5)10-7-9/h5-12H,1-4H3;4-8H,1-3H3;2-4,9H,1H3. The second-order valence-electron chi connectivity index (χ2n) is 13.2. The van der Waals surface area contributed by atoms with Crippen molar-refractivity contribution in [1.29, 1.82) is 0 Å². The van der Waals surface area contributed by atoms with E-state index in [1.807, 2.05) is 50.2 Å². The highest BCUT2D eigenvalue weighted by molar-refractivity contribution is 6.89. The van der Waals surface area contributed by atoms with Crippen LogP contribution in [0.4, 0.5) is 0 Å². The lowest BCUT2D eigenvalue weighted by atomic mass is 10.1. The van der Waals surface area contributed by atoms with Crippen LogP contribution in [0.2, 0.25) is 44.4 Å². The molecule has 0 bridgehead atoms. The SMILES string of the molecule is C[Si](C)(C)c1ccc2nc(Cl)ccc2c1.Cc1cccc(-c2ccc3cc([Si](C)(C)C)ccc3n2)n1.Cc1cccc(O[B]O)n1. The Hall–Kier alpha value is -3.89. The number of nitrogens with zero attached hydrogens (tertiary/aromatic N) is 4. The van der Waals surface area contributed by atoms with E-state index in [1.54, 1.807) is 12.1 Å². The summed E-state index contributed by atoms with van der Waals surface area (Å²) in [6.07, 6.45) is 0. The first-order valence-corrected chi connectivity index (χ1v) is 22.6. The monoisotopic (exact) mass is 663 g/mol. The smallest absolute Gasteiger partial charge is 0.523 e. The Kier molecular flexibility index (Phi) is 11.5. The highest BCUT2D eigenvalue weighted by atomic mass is 35.5. The Balaban J connectivity index is 0.000000168. The van der Waals surface area contributed by atoms with Crippen LogP contribution in [0.1, 0.15) is 11.4 Å². The normalized spacial score (nSPS) is 11.3. The minimum atomic E-state index is -1.28. The predicted octanol–water partition coefficient (Wildman–Crippen LogP) is 7.88. The molecule has 6 aromatic rings. The minimum Gasteiger partial charge on any atom is -0.523 e. The molecule has 0 fully saturated rings. The number of hydrogen-bond donors (Lipinski definition) is 1. The van der Waals surface area contributed by atoms with Crippen LogP contribution in [-0.4, -0.2) is 48.8 Å². The molecular weight excluding hydrogens is 623 g/mol. The number of halogens is 1. The molecule has 10 heteroatoms. The van der Waals surface area contributed by atoms with Crippen molar-refractivity contribution in [3.63, 3.8) is 0 Å². The van der Waals surface area contributed by atoms with Gasteiger partial charge in [0, 0.05) is 22.2 Å². The van der Waals surface area contributed by atoms with Gasteiger partial charge in [-0.15, -0.1) is 0 Å². The van der Waals surface area contributed by atoms with E-state index < -0.39 is 16.1 Å². The topological polar surface area (TPSA) is 81.0 Å². The van der Waals surface area contributed by atoms with Crippen LogP contribution >= 0.6 is 11.6 Å². The molecule has 0 saturated heterocycles. The summed E-state index contributed by atoms with van der Waals surface area (Å²) in [4.78, 5) is 17.5. The molecule has 6 rings (SSSR count). The first kappa shape index (κ1) is 35.0. The molecule has 0 aliphatic carbocycles. The molecule has 1 N–H and O–H groups in total. The van der Waals surface area contributed by atoms with Crippen LogP contribution in [-0.2, 0) is 0 Å². The highest BCUT2D eigenvalue weighted by Gasteiger charge is 2.17. The fourth-order valence-corrected chi connectivity index (χ4v) is 7.12. The summed E-state index contributed by atoms with van der Waals surface area (Å²) >= 11 is 5.85. The average molecular weight is 664 g/mol. The molecule has 0 amide bonds. The van der Waals surface area contributed by atoms with Crippen LogP contribution in [0, 0.1) is 13.8 Å². The average Bonchev–Trinajstić information content (AvgIpc) is 3.00. The number of benzene rings is 2. The van der Waals surface area contributed by atoms with E-state index in [0.717, 1.165) is 33.8 Å². The number of aryl methyl sites for hydroxylation is 2. The van der Waals surface area contributed by atoms with Crippen LogP contribution in [0.25, 0.3) is 33.2 Å². The Morgan fingerprint density at radius 1 is 0.587 bits per heavy atom. The maximum absolute atomic E-state index is 8.22. The summed E-state index contributed by atoms with van der Waals surface area (Å²) in [5.41, 5.74) is 5.77. The lowest BCUT2D eigenvalue weighted by Gasteiger charge is -2.17. The maximum Gasteiger partial charge on any atom is 0.570 e. The second-order valence-corrected chi connectivity index (χ2v) is 23.7. The van der Waals surface area contributed by atoms with E-state index in [-0.39, 0.29) is 0 Å². The third-order valence-electron chi connectivity index (χ3n) is 7.26. The molecule has 0 unspecified atom stereocenters. The summed E-state index contributed by atoms with van der Waals surface area (Å²) < 4.78 is 4.61. The van der Waals surface area contributed by atoms with E-state index in [9.17, 15) is 0 Å². The fraction of sp³-hybridized carbons (Fsp3) is 0.222. The molecule has 0 aliphatic heterocycles. The number of aromatic nitrogens is 4. The van der Waals surface area contributed by atoms with Gasteiger partial charge in [-0.05, 0) is 68.4 Å². The molecular formula is C36H41BClN4O2Si2. The molecule has 1 radical (unpaired) electrons. The molecule has 235 valence electrons. The van der Waals surface area contributed by atoms with E-state index >= 15 is 0 Å². The van der Waals surface area contributed by atoms with Gasteiger partial charge < -0.3 is 9.68 Å². The first-order chi connectivity index (χ1) is 21.7. The predicted molar refractivity (Wildman–Crippen MR) is 200 cm³/mol. The Labute approximate surface area is 280 Å². The lowest BCUT2D eigenvalue weighted by Crippen LogP contribution is -2.37. The molecule has 4 heterocycles. The molecule has 0 aliphatic rings. The molecule has 46 heavy (non-hydrogen) atoms. The van der Waals surface area contributed by atoms with Crippen LogP contribution in [0.5, 0.6) is 5.88 Å². The van der Waals surface area contributed by atoms with Gasteiger partial charge in [0.1, 0.15) is 5.15 Å². The fourth-order valence-electron chi connectivity index (χ4n) is 4.63. The Morgan fingerprint density at radius 3 is 1.65 bits per heavy atom. The number of rotatable bonds is 5. The number of hydrogen-bond acceptors (Lipinski definition) is 6. The molecule has 0 atom stereocenters. The van der Waals surface area contributed by atoms with Gasteiger partial charge in [-0.2, -0.15) is 0 Å². The zero-order valence-corrected chi connectivity index (χ0v) is 30.6. The van der Waals surface area contributed by atoms with Crippen LogP contribution < -0.4 is 15.0 Å². The molecule has 0 saturated carbocycles. The van der Waals surface area contributed by atoms with Crippen molar-refractivity contribution in [3.05, 3.63) is 114 Å². The molecule has 2 aromatic carbocycles. The highest BCUT2D eigenvalue weighted by Crippen LogP contribution is 2.20. The van der Waals surface area contributed by atoms with Gasteiger partial charge in [0.25, 0.3) is 0 Å². The maximum atomic E-state index is 8.22. The summed E-state index contributed by atoms with van der Waals surface area (Å²) in [6, 6.07) is 32.6. The van der Waals surface area contributed by atoms with E-state index in [2.05, 4.69) is 107 Å². The number of fused-ring (bicyclic) bond motifs is 2. The van der Waals surface area contributed by atoms with Gasteiger partial charge >= 0.3 is 7.69 Å². The number of pyridine rings is 4. The molecule has 6 nitrogen and oxygen atoms in total. The zero-order chi connectivity index (χ0) is 33.5. The van der Waals surface area contributed by atoms with E-state index in [1.165, 1.54) is 21.1 Å². The van der Waals surface area contributed by atoms with Crippen LogP contribution in [0.3, 0.4) is 0 Å². The van der Waals surface area contributed by atoms with Crippen molar-refractivity contribution in [2.45, 2.75) is 53.1 Å². The van der Waals surface area contributed by atoms with Gasteiger partial charge in [-0.1, -0.05) is 104 Å². The second kappa shape index (κ2) is 15.1. The summed E-state index contributed by atoms with van der Waals surface area (Å²) in [5, 5.41) is 14.1. The lowest BCUT2D eigenvalue weighted by molar-refractivity contribution is 0.442. The Bertz CT molecular complexity index is 1940. The van der Waals surface area contributed by atoms with Gasteiger partial charge in [0.05, 0.1) is 38.6 Å². The van der Waals surface area contributed by atoms with Crippen molar-refractivity contribution in [2.75, 3.05) is 0 Å². The van der Waals surface area contributed by atoms with E-state index in [4.69, 9.17) is 21.6 Å². The van der Waals surface area contributed by atoms with E-state index in [0.29, 0.717) is 18.7 Å². The molecule has 4 aromatic heterocycles. The van der Waals surface area contributed by atoms with Gasteiger partial charge in [0.2, 0.25) is 0 Å². The van der Waals surface area contributed by atoms with Gasteiger partial charge in [-0.3, -0.25) is 4.98 Å². The zero-order valence-electron chi connectivity index (χ0n) is 27.8. The molecule has 0 spiro atoms. The van der Waals surface area contributed by atoms with Gasteiger partial charge in [0.15, 0.2) is 5.88 Å². The van der Waals surface area contributed by atoms with Crippen molar-refractivity contribution in [3.8, 4) is 17.3 Å².